The van der Waals surface area contributed by atoms with Crippen molar-refractivity contribution in [2.75, 3.05) is 0 Å². The van der Waals surface area contributed by atoms with Gasteiger partial charge in [0.25, 0.3) is 0 Å². The third-order valence-corrected chi connectivity index (χ3v) is 9.18. The summed E-state index contributed by atoms with van der Waals surface area (Å²) in [6.45, 7) is 4.31. The molecule has 0 saturated heterocycles. The van der Waals surface area contributed by atoms with Crippen LogP contribution in [0.5, 0.6) is 0 Å². The zero-order chi connectivity index (χ0) is 29.7. The van der Waals surface area contributed by atoms with Gasteiger partial charge >= 0.3 is 0 Å². The summed E-state index contributed by atoms with van der Waals surface area (Å²) in [7, 11) is 0. The molecule has 0 N–H and O–H groups in total. The molecule has 3 heteroatoms. The van der Waals surface area contributed by atoms with Crippen LogP contribution in [0.25, 0.3) is 22.3 Å². The highest BCUT2D eigenvalue weighted by atomic mass is 19.2. The molecule has 0 unspecified atom stereocenters. The first kappa shape index (κ1) is 32.1. The number of allylic oxidation sites excluding steroid dienone is 2. The summed E-state index contributed by atoms with van der Waals surface area (Å²) in [4.78, 5) is 0. The van der Waals surface area contributed by atoms with Crippen LogP contribution < -0.4 is 0 Å². The van der Waals surface area contributed by atoms with Gasteiger partial charge in [-0.05, 0) is 90.7 Å². The highest BCUT2D eigenvalue weighted by Gasteiger charge is 2.24. The third-order valence-electron chi connectivity index (χ3n) is 9.18. The lowest BCUT2D eigenvalue weighted by Crippen LogP contribution is -2.14. The van der Waals surface area contributed by atoms with Gasteiger partial charge in [0.15, 0.2) is 11.6 Å². The van der Waals surface area contributed by atoms with E-state index in [0.29, 0.717) is 29.9 Å². The molecule has 1 fully saturated rings. The SMILES string of the molecule is CCC=CCCc1ccc(-c2ccc(-c3ccc(C4CCC(CCCCCCCCC)CC4)c(F)c3)cc2)c(F)c1F. The lowest BCUT2D eigenvalue weighted by atomic mass is 9.76. The molecule has 0 bridgehead atoms. The summed E-state index contributed by atoms with van der Waals surface area (Å²) in [6, 6.07) is 16.2. The average molecular weight is 575 g/mol. The Hall–Kier alpha value is -2.81. The van der Waals surface area contributed by atoms with Crippen LogP contribution >= 0.6 is 0 Å². The Morgan fingerprint density at radius 3 is 2.02 bits per heavy atom. The van der Waals surface area contributed by atoms with E-state index < -0.39 is 11.6 Å². The molecule has 0 aromatic heterocycles. The minimum absolute atomic E-state index is 0.135. The standard InChI is InChI=1S/C39H49F3/c1-3-5-7-9-10-11-12-14-29-16-18-31(19-17-29)35-26-25-34(28-37(35)40)30-20-22-32(23-21-30)36-27-24-33(38(41)39(36)42)15-13-8-6-4-2/h6,8,20-29,31H,3-5,7,9-19H2,1-2H3. The Bertz CT molecular complexity index is 1270. The van der Waals surface area contributed by atoms with Crippen molar-refractivity contribution in [3.63, 3.8) is 0 Å². The molecule has 3 aromatic rings. The molecule has 42 heavy (non-hydrogen) atoms. The van der Waals surface area contributed by atoms with Gasteiger partial charge in [-0.3, -0.25) is 0 Å². The maximum Gasteiger partial charge on any atom is 0.166 e. The number of unbranched alkanes of at least 4 members (excludes halogenated alkanes) is 6. The van der Waals surface area contributed by atoms with Crippen LogP contribution in [0.3, 0.4) is 0 Å². The van der Waals surface area contributed by atoms with Crippen molar-refractivity contribution in [2.24, 2.45) is 5.92 Å². The molecule has 1 saturated carbocycles. The summed E-state index contributed by atoms with van der Waals surface area (Å²) in [5.41, 5.74) is 3.76. The fraction of sp³-hybridized carbons (Fsp3) is 0.487. The van der Waals surface area contributed by atoms with Gasteiger partial charge in [0.05, 0.1) is 0 Å². The smallest absolute Gasteiger partial charge is 0.166 e. The second-order valence-corrected chi connectivity index (χ2v) is 12.3. The van der Waals surface area contributed by atoms with Gasteiger partial charge in [0.2, 0.25) is 0 Å². The van der Waals surface area contributed by atoms with E-state index in [1.807, 2.05) is 43.3 Å². The highest BCUT2D eigenvalue weighted by molar-refractivity contribution is 5.71. The molecule has 1 aliphatic carbocycles. The van der Waals surface area contributed by atoms with Crippen molar-refractivity contribution in [2.45, 2.75) is 116 Å². The van der Waals surface area contributed by atoms with Gasteiger partial charge in [-0.2, -0.15) is 0 Å². The topological polar surface area (TPSA) is 0 Å². The molecular weight excluding hydrogens is 525 g/mol. The normalized spacial score (nSPS) is 17.3. The van der Waals surface area contributed by atoms with E-state index in [1.165, 1.54) is 64.2 Å². The molecule has 1 aliphatic rings. The summed E-state index contributed by atoms with van der Waals surface area (Å²) < 4.78 is 45.0. The van der Waals surface area contributed by atoms with Crippen LogP contribution in [0.2, 0.25) is 0 Å². The Morgan fingerprint density at radius 2 is 1.33 bits per heavy atom. The highest BCUT2D eigenvalue weighted by Crippen LogP contribution is 2.39. The zero-order valence-corrected chi connectivity index (χ0v) is 25.7. The number of rotatable bonds is 15. The van der Waals surface area contributed by atoms with E-state index in [9.17, 15) is 8.78 Å². The molecular formula is C39H49F3. The molecule has 0 radical (unpaired) electrons. The predicted octanol–water partition coefficient (Wildman–Crippen LogP) is 12.8. The van der Waals surface area contributed by atoms with Gasteiger partial charge < -0.3 is 0 Å². The van der Waals surface area contributed by atoms with Gasteiger partial charge in [0, 0.05) is 5.56 Å². The first-order chi connectivity index (χ1) is 20.5. The molecule has 0 heterocycles. The van der Waals surface area contributed by atoms with Gasteiger partial charge in [-0.25, -0.2) is 13.2 Å². The Labute approximate surface area is 252 Å². The molecule has 0 nitrogen and oxygen atoms in total. The van der Waals surface area contributed by atoms with E-state index >= 15 is 4.39 Å². The lowest BCUT2D eigenvalue weighted by Gasteiger charge is -2.29. The second-order valence-electron chi connectivity index (χ2n) is 12.3. The monoisotopic (exact) mass is 574 g/mol. The minimum atomic E-state index is -0.813. The van der Waals surface area contributed by atoms with Crippen molar-refractivity contribution in [3.05, 3.63) is 95.3 Å². The minimum Gasteiger partial charge on any atom is -0.207 e. The lowest BCUT2D eigenvalue weighted by molar-refractivity contribution is 0.298. The van der Waals surface area contributed by atoms with E-state index in [0.717, 1.165) is 41.9 Å². The molecule has 4 rings (SSSR count). The number of hydrogen-bond acceptors (Lipinski definition) is 0. The zero-order valence-electron chi connectivity index (χ0n) is 25.7. The maximum absolute atomic E-state index is 15.3. The predicted molar refractivity (Wildman–Crippen MR) is 172 cm³/mol. The van der Waals surface area contributed by atoms with Crippen molar-refractivity contribution in [1.82, 2.24) is 0 Å². The summed E-state index contributed by atoms with van der Waals surface area (Å²) in [6.07, 6.45) is 21.5. The van der Waals surface area contributed by atoms with Crippen LogP contribution in [0.1, 0.15) is 121 Å². The largest absolute Gasteiger partial charge is 0.207 e. The number of hydrogen-bond donors (Lipinski definition) is 0. The van der Waals surface area contributed by atoms with Crippen LogP contribution in [-0.4, -0.2) is 0 Å². The third kappa shape index (κ3) is 8.85. The van der Waals surface area contributed by atoms with Crippen LogP contribution in [0.4, 0.5) is 13.2 Å². The number of benzene rings is 3. The number of halogens is 3. The van der Waals surface area contributed by atoms with Crippen molar-refractivity contribution in [1.29, 1.82) is 0 Å². The molecule has 0 atom stereocenters. The summed E-state index contributed by atoms with van der Waals surface area (Å²) >= 11 is 0. The van der Waals surface area contributed by atoms with E-state index in [1.54, 1.807) is 30.3 Å². The first-order valence-corrected chi connectivity index (χ1v) is 16.5. The second kappa shape index (κ2) is 16.7. The maximum atomic E-state index is 15.3. The Morgan fingerprint density at radius 1 is 0.667 bits per heavy atom. The van der Waals surface area contributed by atoms with E-state index in [-0.39, 0.29) is 11.4 Å². The van der Waals surface area contributed by atoms with E-state index in [2.05, 4.69) is 6.92 Å². The molecule has 0 spiro atoms. The quantitative estimate of drug-likeness (QED) is 0.125. The van der Waals surface area contributed by atoms with Gasteiger partial charge in [0.1, 0.15) is 5.82 Å². The molecule has 3 aromatic carbocycles. The van der Waals surface area contributed by atoms with Crippen LogP contribution in [0.15, 0.2) is 66.7 Å². The Kier molecular flexibility index (Phi) is 12.8. The van der Waals surface area contributed by atoms with Crippen LogP contribution in [0, 0.1) is 23.4 Å². The summed E-state index contributed by atoms with van der Waals surface area (Å²) in [5, 5.41) is 0. The van der Waals surface area contributed by atoms with Crippen molar-refractivity contribution >= 4 is 0 Å². The average Bonchev–Trinajstić information content (AvgIpc) is 3.01. The molecule has 0 aliphatic heterocycles. The Balaban J connectivity index is 1.31. The summed E-state index contributed by atoms with van der Waals surface area (Å²) in [5.74, 6) is -0.617. The van der Waals surface area contributed by atoms with Crippen LogP contribution in [-0.2, 0) is 6.42 Å². The van der Waals surface area contributed by atoms with E-state index in [4.69, 9.17) is 0 Å². The van der Waals surface area contributed by atoms with Gasteiger partial charge in [-0.15, -0.1) is 0 Å². The van der Waals surface area contributed by atoms with Gasteiger partial charge in [-0.1, -0.05) is 126 Å². The van der Waals surface area contributed by atoms with Crippen molar-refractivity contribution in [3.8, 4) is 22.3 Å². The fourth-order valence-corrected chi connectivity index (χ4v) is 6.56. The number of aryl methyl sites for hydroxylation is 1. The van der Waals surface area contributed by atoms with Crippen molar-refractivity contribution < 1.29 is 13.2 Å². The fourth-order valence-electron chi connectivity index (χ4n) is 6.56. The molecule has 0 amide bonds. The first-order valence-electron chi connectivity index (χ1n) is 16.5. The molecule has 226 valence electrons.